The molecule has 2 aromatic rings. The van der Waals surface area contributed by atoms with Crippen LogP contribution in [0.1, 0.15) is 23.6 Å². The summed E-state index contributed by atoms with van der Waals surface area (Å²) in [6.07, 6.45) is -0.670. The molecule has 170 valence electrons. The van der Waals surface area contributed by atoms with E-state index in [2.05, 4.69) is 15.6 Å². The first kappa shape index (κ1) is 24.5. The van der Waals surface area contributed by atoms with Crippen LogP contribution in [0.25, 0.3) is 0 Å². The Balaban J connectivity index is 1.91. The van der Waals surface area contributed by atoms with Crippen LogP contribution in [-0.4, -0.2) is 57.2 Å². The van der Waals surface area contributed by atoms with Gasteiger partial charge in [-0.3, -0.25) is 0 Å². The van der Waals surface area contributed by atoms with Crippen LogP contribution in [0.15, 0.2) is 47.5 Å². The summed E-state index contributed by atoms with van der Waals surface area (Å²) in [5.41, 5.74) is 3.23. The summed E-state index contributed by atoms with van der Waals surface area (Å²) in [6.45, 7) is 8.74. The van der Waals surface area contributed by atoms with Gasteiger partial charge in [0, 0.05) is 25.8 Å². The molecular formula is C24H35N3O4. The first-order valence-corrected chi connectivity index (χ1v) is 10.6. The van der Waals surface area contributed by atoms with Crippen LogP contribution in [0.4, 0.5) is 0 Å². The van der Waals surface area contributed by atoms with Gasteiger partial charge in [-0.05, 0) is 50.1 Å². The molecule has 0 amide bonds. The van der Waals surface area contributed by atoms with Gasteiger partial charge in [-0.1, -0.05) is 24.3 Å². The van der Waals surface area contributed by atoms with Gasteiger partial charge in [0.05, 0.1) is 13.2 Å². The number of aryl methyl sites for hydroxylation is 2. The molecule has 7 heteroatoms. The maximum Gasteiger partial charge on any atom is 0.191 e. The zero-order chi connectivity index (χ0) is 22.5. The second kappa shape index (κ2) is 13.5. The molecule has 0 saturated heterocycles. The van der Waals surface area contributed by atoms with Gasteiger partial charge in [0.1, 0.15) is 30.8 Å². The Hall–Kier alpha value is -2.77. The number of aliphatic imine (C=N–C) groups is 1. The number of benzene rings is 2. The standard InChI is InChI=1S/C24H35N3O4/c1-5-25-24(27-16-21(28)17-31-22-8-6-7-18(2)13-22)26-15-20-10-9-19(3)14-23(20)30-12-11-29-4/h6-10,13-14,21,28H,5,11-12,15-17H2,1-4H3,(H2,25,26,27). The van der Waals surface area contributed by atoms with E-state index in [-0.39, 0.29) is 6.61 Å². The lowest BCUT2D eigenvalue weighted by molar-refractivity contribution is 0.110. The predicted molar refractivity (Wildman–Crippen MR) is 124 cm³/mol. The molecule has 0 radical (unpaired) electrons. The molecule has 1 atom stereocenters. The maximum absolute atomic E-state index is 10.3. The lowest BCUT2D eigenvalue weighted by Crippen LogP contribution is -2.42. The van der Waals surface area contributed by atoms with Crippen molar-refractivity contribution in [2.24, 2.45) is 4.99 Å². The zero-order valence-electron chi connectivity index (χ0n) is 19.0. The molecule has 0 aliphatic rings. The monoisotopic (exact) mass is 429 g/mol. The van der Waals surface area contributed by atoms with E-state index in [9.17, 15) is 5.11 Å². The van der Waals surface area contributed by atoms with Crippen molar-refractivity contribution >= 4 is 5.96 Å². The second-order valence-electron chi connectivity index (χ2n) is 7.31. The average Bonchev–Trinajstić information content (AvgIpc) is 2.75. The first-order chi connectivity index (χ1) is 15.0. The van der Waals surface area contributed by atoms with Crippen LogP contribution in [-0.2, 0) is 11.3 Å². The SMILES string of the molecule is CCNC(=NCc1ccc(C)cc1OCCOC)NCC(O)COc1cccc(C)c1. The van der Waals surface area contributed by atoms with Crippen molar-refractivity contribution in [3.8, 4) is 11.5 Å². The molecule has 0 aromatic heterocycles. The number of methoxy groups -OCH3 is 1. The van der Waals surface area contributed by atoms with Crippen LogP contribution in [0.3, 0.4) is 0 Å². The molecule has 0 spiro atoms. The molecular weight excluding hydrogens is 394 g/mol. The van der Waals surface area contributed by atoms with Gasteiger partial charge in [-0.15, -0.1) is 0 Å². The Kier molecular flexibility index (Phi) is 10.7. The second-order valence-corrected chi connectivity index (χ2v) is 7.31. The van der Waals surface area contributed by atoms with Crippen molar-refractivity contribution in [1.82, 2.24) is 10.6 Å². The van der Waals surface area contributed by atoms with Crippen LogP contribution in [0, 0.1) is 13.8 Å². The zero-order valence-corrected chi connectivity index (χ0v) is 19.0. The Morgan fingerprint density at radius 2 is 1.84 bits per heavy atom. The van der Waals surface area contributed by atoms with Crippen LogP contribution < -0.4 is 20.1 Å². The number of rotatable bonds is 12. The topological polar surface area (TPSA) is 84.3 Å². The van der Waals surface area contributed by atoms with Crippen LogP contribution >= 0.6 is 0 Å². The minimum Gasteiger partial charge on any atom is -0.491 e. The minimum atomic E-state index is -0.670. The highest BCUT2D eigenvalue weighted by Gasteiger charge is 2.09. The van der Waals surface area contributed by atoms with Gasteiger partial charge in [0.15, 0.2) is 5.96 Å². The normalized spacial score (nSPS) is 12.4. The summed E-state index contributed by atoms with van der Waals surface area (Å²) >= 11 is 0. The summed E-state index contributed by atoms with van der Waals surface area (Å²) in [6, 6.07) is 13.8. The van der Waals surface area contributed by atoms with Crippen molar-refractivity contribution in [3.63, 3.8) is 0 Å². The Morgan fingerprint density at radius 3 is 2.58 bits per heavy atom. The molecule has 0 bridgehead atoms. The lowest BCUT2D eigenvalue weighted by Gasteiger charge is -2.16. The van der Waals surface area contributed by atoms with Gasteiger partial charge in [-0.2, -0.15) is 0 Å². The molecule has 0 fully saturated rings. The maximum atomic E-state index is 10.3. The molecule has 2 rings (SSSR count). The minimum absolute atomic E-state index is 0.200. The van der Waals surface area contributed by atoms with Crippen LogP contribution in [0.2, 0.25) is 0 Å². The molecule has 1 unspecified atom stereocenters. The molecule has 0 aliphatic carbocycles. The van der Waals surface area contributed by atoms with Gasteiger partial charge < -0.3 is 30.0 Å². The number of nitrogens with one attached hydrogen (secondary N) is 2. The third-order valence-electron chi connectivity index (χ3n) is 4.46. The number of aliphatic hydroxyl groups is 1. The third kappa shape index (κ3) is 9.27. The van der Waals surface area contributed by atoms with Gasteiger partial charge in [-0.25, -0.2) is 4.99 Å². The largest absolute Gasteiger partial charge is 0.491 e. The van der Waals surface area contributed by atoms with Crippen molar-refractivity contribution in [1.29, 1.82) is 0 Å². The van der Waals surface area contributed by atoms with Crippen LogP contribution in [0.5, 0.6) is 11.5 Å². The molecule has 0 saturated carbocycles. The molecule has 7 nitrogen and oxygen atoms in total. The van der Waals surface area contributed by atoms with Crippen molar-refractivity contribution in [2.45, 2.75) is 33.4 Å². The molecule has 2 aromatic carbocycles. The molecule has 0 aliphatic heterocycles. The number of guanidine groups is 1. The van der Waals surface area contributed by atoms with E-state index >= 15 is 0 Å². The number of nitrogens with zero attached hydrogens (tertiary/aromatic N) is 1. The van der Waals surface area contributed by atoms with Gasteiger partial charge in [0.2, 0.25) is 0 Å². The predicted octanol–water partition coefficient (Wildman–Crippen LogP) is 2.82. The highest BCUT2D eigenvalue weighted by molar-refractivity contribution is 5.79. The number of aliphatic hydroxyl groups excluding tert-OH is 1. The van der Waals surface area contributed by atoms with E-state index < -0.39 is 6.10 Å². The lowest BCUT2D eigenvalue weighted by atomic mass is 10.1. The Morgan fingerprint density at radius 1 is 1.03 bits per heavy atom. The fourth-order valence-electron chi connectivity index (χ4n) is 2.84. The number of hydrogen-bond donors (Lipinski definition) is 3. The van der Waals surface area contributed by atoms with Crippen molar-refractivity contribution < 1.29 is 19.3 Å². The van der Waals surface area contributed by atoms with E-state index in [1.807, 2.05) is 63.2 Å². The smallest absolute Gasteiger partial charge is 0.191 e. The van der Waals surface area contributed by atoms with Crippen molar-refractivity contribution in [2.75, 3.05) is 40.0 Å². The van der Waals surface area contributed by atoms with E-state index in [1.165, 1.54) is 0 Å². The fourth-order valence-corrected chi connectivity index (χ4v) is 2.84. The van der Waals surface area contributed by atoms with Crippen molar-refractivity contribution in [3.05, 3.63) is 59.2 Å². The summed E-state index contributed by atoms with van der Waals surface area (Å²) in [4.78, 5) is 4.64. The molecule has 3 N–H and O–H groups in total. The van der Waals surface area contributed by atoms with E-state index in [0.717, 1.165) is 28.2 Å². The summed E-state index contributed by atoms with van der Waals surface area (Å²) in [5.74, 6) is 2.18. The highest BCUT2D eigenvalue weighted by atomic mass is 16.5. The fraction of sp³-hybridized carbons (Fsp3) is 0.458. The highest BCUT2D eigenvalue weighted by Crippen LogP contribution is 2.21. The summed E-state index contributed by atoms with van der Waals surface area (Å²) < 4.78 is 16.6. The van der Waals surface area contributed by atoms with Gasteiger partial charge >= 0.3 is 0 Å². The first-order valence-electron chi connectivity index (χ1n) is 10.6. The van der Waals surface area contributed by atoms with E-state index in [4.69, 9.17) is 14.2 Å². The Bertz CT molecular complexity index is 826. The third-order valence-corrected chi connectivity index (χ3v) is 4.46. The van der Waals surface area contributed by atoms with E-state index in [0.29, 0.717) is 38.8 Å². The van der Waals surface area contributed by atoms with Gasteiger partial charge in [0.25, 0.3) is 0 Å². The Labute approximate surface area is 185 Å². The quantitative estimate of drug-likeness (QED) is 0.273. The number of ether oxygens (including phenoxy) is 3. The molecule has 0 heterocycles. The summed E-state index contributed by atoms with van der Waals surface area (Å²) in [5, 5.41) is 16.6. The number of hydrogen-bond acceptors (Lipinski definition) is 5. The molecule has 31 heavy (non-hydrogen) atoms. The average molecular weight is 430 g/mol. The van der Waals surface area contributed by atoms with E-state index in [1.54, 1.807) is 7.11 Å². The summed E-state index contributed by atoms with van der Waals surface area (Å²) in [7, 11) is 1.65.